The zero-order valence-electron chi connectivity index (χ0n) is 22.4. The Hall–Kier alpha value is -3.60. The minimum absolute atomic E-state index is 0.233. The summed E-state index contributed by atoms with van der Waals surface area (Å²) >= 11 is 0. The third kappa shape index (κ3) is 6.03. The van der Waals surface area contributed by atoms with Gasteiger partial charge >= 0.3 is 0 Å². The lowest BCUT2D eigenvalue weighted by Gasteiger charge is -2.39. The molecule has 4 aromatic carbocycles. The van der Waals surface area contributed by atoms with Crippen molar-refractivity contribution in [3.63, 3.8) is 0 Å². The van der Waals surface area contributed by atoms with Crippen LogP contribution in [0.4, 0.5) is 0 Å². The van der Waals surface area contributed by atoms with Gasteiger partial charge in [0.05, 0.1) is 0 Å². The Morgan fingerprint density at radius 1 is 0.769 bits per heavy atom. The first-order chi connectivity index (χ1) is 19.3. The van der Waals surface area contributed by atoms with Gasteiger partial charge in [0.25, 0.3) is 0 Å². The van der Waals surface area contributed by atoms with Gasteiger partial charge < -0.3 is 14.6 Å². The first-order valence-electron chi connectivity index (χ1n) is 14.2. The van der Waals surface area contributed by atoms with Gasteiger partial charge in [-0.2, -0.15) is 0 Å². The molecule has 2 aliphatic rings. The molecule has 4 nitrogen and oxygen atoms in total. The van der Waals surface area contributed by atoms with E-state index in [1.165, 1.54) is 27.8 Å². The molecule has 0 amide bonds. The summed E-state index contributed by atoms with van der Waals surface area (Å²) in [5.41, 5.74) is 6.69. The maximum Gasteiger partial charge on any atom is 0.124 e. The number of hydrogen-bond acceptors (Lipinski definition) is 4. The molecule has 200 valence electrons. The second kappa shape index (κ2) is 12.1. The van der Waals surface area contributed by atoms with Crippen LogP contribution in [0, 0.1) is 0 Å². The van der Waals surface area contributed by atoms with E-state index in [2.05, 4.69) is 102 Å². The van der Waals surface area contributed by atoms with Gasteiger partial charge in [-0.1, -0.05) is 78.9 Å². The molecule has 39 heavy (non-hydrogen) atoms. The molecule has 1 N–H and O–H groups in total. The van der Waals surface area contributed by atoms with E-state index in [0.29, 0.717) is 12.5 Å². The van der Waals surface area contributed by atoms with Crippen LogP contribution in [0.15, 0.2) is 103 Å². The average Bonchev–Trinajstić information content (AvgIpc) is 2.98. The van der Waals surface area contributed by atoms with Crippen LogP contribution in [-0.2, 0) is 13.0 Å². The standard InChI is InChI=1S/C35H37NO3/c37-21-7-20-36-23-32(24-36)39-30-15-12-28(13-16-30)35-33(27-10-5-2-6-11-27)18-14-29-22-31(17-19-34(29)35)38-25-26-8-3-1-4-9-26/h1-6,8-13,15-17,19,22,32-33,35,37H,7,14,18,20-21,23-25H2/t33?,35-/m0/s1. The average molecular weight is 520 g/mol. The van der Waals surface area contributed by atoms with Crippen molar-refractivity contribution in [2.45, 2.75) is 43.8 Å². The smallest absolute Gasteiger partial charge is 0.124 e. The van der Waals surface area contributed by atoms with Crippen LogP contribution in [0.1, 0.15) is 52.5 Å². The van der Waals surface area contributed by atoms with E-state index < -0.39 is 0 Å². The molecule has 0 aromatic heterocycles. The van der Waals surface area contributed by atoms with Crippen molar-refractivity contribution in [1.29, 1.82) is 0 Å². The molecule has 6 rings (SSSR count). The lowest BCUT2D eigenvalue weighted by atomic mass is 9.69. The molecule has 4 heteroatoms. The number of aliphatic hydroxyl groups is 1. The fourth-order valence-electron chi connectivity index (χ4n) is 6.12. The van der Waals surface area contributed by atoms with Crippen molar-refractivity contribution in [1.82, 2.24) is 4.90 Å². The molecule has 1 fully saturated rings. The summed E-state index contributed by atoms with van der Waals surface area (Å²) in [5.74, 6) is 2.58. The molecule has 0 spiro atoms. The Labute approximate surface area is 231 Å². The SMILES string of the molecule is OCCCN1CC(Oc2ccc([C@@H]3c4ccc(OCc5ccccc5)cc4CCC3c3ccccc3)cc2)C1. The summed E-state index contributed by atoms with van der Waals surface area (Å²) in [7, 11) is 0. The highest BCUT2D eigenvalue weighted by Crippen LogP contribution is 2.47. The summed E-state index contributed by atoms with van der Waals surface area (Å²) in [6, 6.07) is 36.8. The van der Waals surface area contributed by atoms with Crippen molar-refractivity contribution >= 4 is 0 Å². The van der Waals surface area contributed by atoms with Crippen LogP contribution in [0.25, 0.3) is 0 Å². The third-order valence-electron chi connectivity index (χ3n) is 8.15. The lowest BCUT2D eigenvalue weighted by molar-refractivity contribution is 0.0167. The molecule has 1 aliphatic heterocycles. The number of benzene rings is 4. The van der Waals surface area contributed by atoms with Crippen molar-refractivity contribution in [2.75, 3.05) is 26.2 Å². The Kier molecular flexibility index (Phi) is 7.94. The number of aryl methyl sites for hydroxylation is 1. The number of likely N-dealkylation sites (tertiary alicyclic amines) is 1. The number of nitrogens with zero attached hydrogens (tertiary/aromatic N) is 1. The van der Waals surface area contributed by atoms with Crippen LogP contribution in [0.3, 0.4) is 0 Å². The predicted molar refractivity (Wildman–Crippen MR) is 156 cm³/mol. The first-order valence-corrected chi connectivity index (χ1v) is 14.2. The second-order valence-corrected chi connectivity index (χ2v) is 10.8. The zero-order chi connectivity index (χ0) is 26.4. The highest BCUT2D eigenvalue weighted by atomic mass is 16.5. The van der Waals surface area contributed by atoms with Crippen molar-refractivity contribution in [2.24, 2.45) is 0 Å². The summed E-state index contributed by atoms with van der Waals surface area (Å²) in [5, 5.41) is 9.04. The van der Waals surface area contributed by atoms with E-state index in [1.807, 2.05) is 6.07 Å². The van der Waals surface area contributed by atoms with Gasteiger partial charge in [0.15, 0.2) is 0 Å². The number of rotatable bonds is 10. The van der Waals surface area contributed by atoms with Crippen molar-refractivity contribution in [3.05, 3.63) is 131 Å². The quantitative estimate of drug-likeness (QED) is 0.257. The molecular formula is C35H37NO3. The first kappa shape index (κ1) is 25.7. The van der Waals surface area contributed by atoms with Gasteiger partial charge in [-0.3, -0.25) is 4.90 Å². The normalized spacial score (nSPS) is 19.2. The Morgan fingerprint density at radius 2 is 1.49 bits per heavy atom. The van der Waals surface area contributed by atoms with E-state index in [9.17, 15) is 0 Å². The maximum absolute atomic E-state index is 9.04. The fraction of sp³-hybridized carbons (Fsp3) is 0.314. The van der Waals surface area contributed by atoms with Crippen LogP contribution in [-0.4, -0.2) is 42.4 Å². The number of ether oxygens (including phenoxy) is 2. The zero-order valence-corrected chi connectivity index (χ0v) is 22.4. The van der Waals surface area contributed by atoms with E-state index in [1.54, 1.807) is 0 Å². The molecule has 1 aliphatic carbocycles. The summed E-state index contributed by atoms with van der Waals surface area (Å²) in [6.45, 7) is 3.64. The highest BCUT2D eigenvalue weighted by molar-refractivity contribution is 5.48. The molecule has 0 radical (unpaired) electrons. The van der Waals surface area contributed by atoms with Gasteiger partial charge in [0, 0.05) is 32.2 Å². The number of fused-ring (bicyclic) bond motifs is 1. The maximum atomic E-state index is 9.04. The third-order valence-corrected chi connectivity index (χ3v) is 8.15. The highest BCUT2D eigenvalue weighted by Gasteiger charge is 2.32. The van der Waals surface area contributed by atoms with Crippen LogP contribution in [0.2, 0.25) is 0 Å². The molecule has 4 aromatic rings. The summed E-state index contributed by atoms with van der Waals surface area (Å²) in [4.78, 5) is 2.33. The van der Waals surface area contributed by atoms with E-state index >= 15 is 0 Å². The molecular weight excluding hydrogens is 482 g/mol. The minimum atomic E-state index is 0.233. The van der Waals surface area contributed by atoms with E-state index in [4.69, 9.17) is 14.6 Å². The Morgan fingerprint density at radius 3 is 2.23 bits per heavy atom. The second-order valence-electron chi connectivity index (χ2n) is 10.8. The van der Waals surface area contributed by atoms with Crippen LogP contribution < -0.4 is 9.47 Å². The van der Waals surface area contributed by atoms with Gasteiger partial charge in [0.1, 0.15) is 24.2 Å². The van der Waals surface area contributed by atoms with Crippen LogP contribution in [0.5, 0.6) is 11.5 Å². The van der Waals surface area contributed by atoms with Crippen molar-refractivity contribution < 1.29 is 14.6 Å². The summed E-state index contributed by atoms with van der Waals surface area (Å²) < 4.78 is 12.4. The van der Waals surface area contributed by atoms with Gasteiger partial charge in [0.2, 0.25) is 0 Å². The monoisotopic (exact) mass is 519 g/mol. The number of aliphatic hydroxyl groups excluding tert-OH is 1. The molecule has 1 saturated heterocycles. The largest absolute Gasteiger partial charge is 0.489 e. The van der Waals surface area contributed by atoms with Crippen LogP contribution >= 0.6 is 0 Å². The van der Waals surface area contributed by atoms with Gasteiger partial charge in [-0.15, -0.1) is 0 Å². The topological polar surface area (TPSA) is 41.9 Å². The Balaban J connectivity index is 1.21. The fourth-order valence-corrected chi connectivity index (χ4v) is 6.12. The van der Waals surface area contributed by atoms with Gasteiger partial charge in [-0.25, -0.2) is 0 Å². The molecule has 0 bridgehead atoms. The molecule has 0 saturated carbocycles. The summed E-state index contributed by atoms with van der Waals surface area (Å²) in [6.07, 6.45) is 3.21. The van der Waals surface area contributed by atoms with E-state index in [-0.39, 0.29) is 18.6 Å². The number of hydrogen-bond donors (Lipinski definition) is 1. The molecule has 1 unspecified atom stereocenters. The predicted octanol–water partition coefficient (Wildman–Crippen LogP) is 6.57. The lowest BCUT2D eigenvalue weighted by Crippen LogP contribution is -2.53. The Bertz CT molecular complexity index is 1330. The van der Waals surface area contributed by atoms with Gasteiger partial charge in [-0.05, 0) is 77.3 Å². The van der Waals surface area contributed by atoms with E-state index in [0.717, 1.165) is 50.4 Å². The molecule has 2 atom stereocenters. The molecule has 1 heterocycles. The van der Waals surface area contributed by atoms with Crippen molar-refractivity contribution in [3.8, 4) is 11.5 Å². The minimum Gasteiger partial charge on any atom is -0.489 e.